The molecule has 8 heteroatoms. The van der Waals surface area contributed by atoms with Crippen LogP contribution < -0.4 is 15.6 Å². The van der Waals surface area contributed by atoms with Gasteiger partial charge in [0.1, 0.15) is 5.56 Å². The number of carbonyl (C=O) groups excluding carboxylic acids is 1. The number of pyridine rings is 1. The predicted molar refractivity (Wildman–Crippen MR) is 113 cm³/mol. The minimum Gasteiger partial charge on any atom is -0.348 e. The van der Waals surface area contributed by atoms with Crippen LogP contribution in [0.15, 0.2) is 59.4 Å². The molecule has 3 aromatic rings. The Morgan fingerprint density at radius 1 is 1.03 bits per heavy atom. The van der Waals surface area contributed by atoms with E-state index in [-0.39, 0.29) is 23.9 Å². The predicted octanol–water partition coefficient (Wildman–Crippen LogP) is 2.29. The number of fused-ring (bicyclic) bond motifs is 1. The second kappa shape index (κ2) is 8.59. The molecule has 29 heavy (non-hydrogen) atoms. The number of para-hydroxylation sites is 1. The lowest BCUT2D eigenvalue weighted by molar-refractivity contribution is 0.0949. The van der Waals surface area contributed by atoms with E-state index in [9.17, 15) is 18.0 Å². The summed E-state index contributed by atoms with van der Waals surface area (Å²) >= 11 is 0. The Labute approximate surface area is 169 Å². The first-order valence-corrected chi connectivity index (χ1v) is 10.9. The molecule has 7 nitrogen and oxygen atoms in total. The lowest BCUT2D eigenvalue weighted by atomic mass is 10.1. The molecule has 0 radical (unpaired) electrons. The fourth-order valence-corrected chi connectivity index (χ4v) is 4.40. The van der Waals surface area contributed by atoms with E-state index in [1.165, 1.54) is 0 Å². The van der Waals surface area contributed by atoms with Crippen LogP contribution in [0, 0.1) is 0 Å². The first-order valence-electron chi connectivity index (χ1n) is 9.21. The number of benzene rings is 2. The summed E-state index contributed by atoms with van der Waals surface area (Å²) in [6.45, 7) is 3.76. The highest BCUT2D eigenvalue weighted by Gasteiger charge is 2.14. The fraction of sp³-hybridized carbons (Fsp3) is 0.238. The number of carbonyl (C=O) groups is 1. The summed E-state index contributed by atoms with van der Waals surface area (Å²) in [4.78, 5) is 27.3. The molecule has 2 aromatic carbocycles. The van der Waals surface area contributed by atoms with Crippen molar-refractivity contribution in [1.29, 1.82) is 0 Å². The van der Waals surface area contributed by atoms with Crippen LogP contribution in [0.1, 0.15) is 35.3 Å². The first-order chi connectivity index (χ1) is 13.7. The molecule has 1 heterocycles. The Hall–Kier alpha value is -2.97. The molecule has 0 unspecified atom stereocenters. The van der Waals surface area contributed by atoms with E-state index in [1.54, 1.807) is 50.2 Å². The van der Waals surface area contributed by atoms with Gasteiger partial charge < -0.3 is 10.3 Å². The average Bonchev–Trinajstić information content (AvgIpc) is 2.65. The maximum atomic E-state index is 12.4. The second-order valence-electron chi connectivity index (χ2n) is 7.13. The standard InChI is InChI=1S/C21H23N3O4S/c1-14(2)24-29(27,28)13-16-9-7-15(8-10-16)12-22-20(25)18-11-17-5-3-4-6-19(17)23-21(18)26/h3-11,14,24H,12-13H2,1-2H3,(H,22,25)(H,23,26). The van der Waals surface area contributed by atoms with Crippen molar-refractivity contribution in [2.45, 2.75) is 32.2 Å². The van der Waals surface area contributed by atoms with Gasteiger partial charge in [-0.1, -0.05) is 42.5 Å². The van der Waals surface area contributed by atoms with Crippen LogP contribution in [0.3, 0.4) is 0 Å². The molecule has 0 fully saturated rings. The minimum atomic E-state index is -3.39. The van der Waals surface area contributed by atoms with Gasteiger partial charge in [0, 0.05) is 18.1 Å². The van der Waals surface area contributed by atoms with Gasteiger partial charge in [0.05, 0.1) is 5.75 Å². The van der Waals surface area contributed by atoms with Crippen molar-refractivity contribution in [3.63, 3.8) is 0 Å². The van der Waals surface area contributed by atoms with Gasteiger partial charge in [-0.25, -0.2) is 13.1 Å². The van der Waals surface area contributed by atoms with Crippen molar-refractivity contribution < 1.29 is 13.2 Å². The Morgan fingerprint density at radius 2 is 1.69 bits per heavy atom. The normalized spacial score (nSPS) is 11.7. The van der Waals surface area contributed by atoms with Crippen LogP contribution in [0.4, 0.5) is 0 Å². The molecule has 0 atom stereocenters. The quantitative estimate of drug-likeness (QED) is 0.552. The zero-order chi connectivity index (χ0) is 21.0. The number of amides is 1. The minimum absolute atomic E-state index is 0.0474. The van der Waals surface area contributed by atoms with Gasteiger partial charge in [-0.15, -0.1) is 0 Å². The van der Waals surface area contributed by atoms with Crippen LogP contribution in [0.5, 0.6) is 0 Å². The van der Waals surface area contributed by atoms with Crippen molar-refractivity contribution >= 4 is 26.8 Å². The molecule has 0 aliphatic carbocycles. The summed E-state index contributed by atoms with van der Waals surface area (Å²) in [5, 5.41) is 3.50. The summed E-state index contributed by atoms with van der Waals surface area (Å²) in [7, 11) is -3.39. The number of hydrogen-bond acceptors (Lipinski definition) is 4. The molecule has 152 valence electrons. The van der Waals surface area contributed by atoms with E-state index in [1.807, 2.05) is 18.2 Å². The van der Waals surface area contributed by atoms with Crippen LogP contribution in [-0.4, -0.2) is 25.4 Å². The van der Waals surface area contributed by atoms with Crippen LogP contribution >= 0.6 is 0 Å². The molecule has 1 amide bonds. The summed E-state index contributed by atoms with van der Waals surface area (Å²) in [6.07, 6.45) is 0. The van der Waals surface area contributed by atoms with E-state index in [2.05, 4.69) is 15.0 Å². The SMILES string of the molecule is CC(C)NS(=O)(=O)Cc1ccc(CNC(=O)c2cc3ccccc3[nH]c2=O)cc1. The second-order valence-corrected chi connectivity index (χ2v) is 8.88. The lowest BCUT2D eigenvalue weighted by Crippen LogP contribution is -2.31. The van der Waals surface area contributed by atoms with Crippen LogP contribution in [0.25, 0.3) is 10.9 Å². The largest absolute Gasteiger partial charge is 0.348 e. The molecule has 0 spiro atoms. The van der Waals surface area contributed by atoms with E-state index >= 15 is 0 Å². The van der Waals surface area contributed by atoms with E-state index < -0.39 is 21.5 Å². The summed E-state index contributed by atoms with van der Waals surface area (Å²) < 4.78 is 26.5. The van der Waals surface area contributed by atoms with E-state index in [0.717, 1.165) is 10.9 Å². The maximum absolute atomic E-state index is 12.4. The van der Waals surface area contributed by atoms with Crippen molar-refractivity contribution in [3.8, 4) is 0 Å². The number of hydrogen-bond donors (Lipinski definition) is 3. The van der Waals surface area contributed by atoms with Crippen LogP contribution in [-0.2, 0) is 22.3 Å². The van der Waals surface area contributed by atoms with Crippen LogP contribution in [0.2, 0.25) is 0 Å². The Bertz CT molecular complexity index is 1180. The molecule has 0 saturated heterocycles. The number of sulfonamides is 1. The highest BCUT2D eigenvalue weighted by atomic mass is 32.2. The third-order valence-electron chi connectivity index (χ3n) is 4.25. The first kappa shape index (κ1) is 20.8. The highest BCUT2D eigenvalue weighted by molar-refractivity contribution is 7.88. The number of H-pyrrole nitrogens is 1. The van der Waals surface area contributed by atoms with E-state index in [0.29, 0.717) is 11.1 Å². The van der Waals surface area contributed by atoms with Crippen molar-refractivity contribution in [2.24, 2.45) is 0 Å². The molecule has 3 N–H and O–H groups in total. The Morgan fingerprint density at radius 3 is 2.38 bits per heavy atom. The monoisotopic (exact) mass is 413 g/mol. The summed E-state index contributed by atoms with van der Waals surface area (Å²) in [6, 6.07) is 15.6. The Kier molecular flexibility index (Phi) is 6.14. The van der Waals surface area contributed by atoms with Crippen molar-refractivity contribution in [2.75, 3.05) is 0 Å². The van der Waals surface area contributed by atoms with Gasteiger partial charge in [-0.2, -0.15) is 0 Å². The zero-order valence-corrected chi connectivity index (χ0v) is 17.0. The summed E-state index contributed by atoms with van der Waals surface area (Å²) in [5.41, 5.74) is 1.73. The topological polar surface area (TPSA) is 108 Å². The number of aromatic nitrogens is 1. The van der Waals surface area contributed by atoms with Gasteiger partial charge in [0.2, 0.25) is 10.0 Å². The van der Waals surface area contributed by atoms with Gasteiger partial charge in [0.25, 0.3) is 11.5 Å². The summed E-state index contributed by atoms with van der Waals surface area (Å²) in [5.74, 6) is -0.575. The third-order valence-corrected chi connectivity index (χ3v) is 5.79. The number of aromatic amines is 1. The maximum Gasteiger partial charge on any atom is 0.261 e. The average molecular weight is 413 g/mol. The van der Waals surface area contributed by atoms with Gasteiger partial charge in [-0.3, -0.25) is 9.59 Å². The smallest absolute Gasteiger partial charge is 0.261 e. The lowest BCUT2D eigenvalue weighted by Gasteiger charge is -2.10. The molecule has 0 bridgehead atoms. The third kappa shape index (κ3) is 5.52. The molecule has 0 saturated carbocycles. The number of nitrogens with one attached hydrogen (secondary N) is 3. The van der Waals surface area contributed by atoms with Gasteiger partial charge >= 0.3 is 0 Å². The molecule has 1 aromatic heterocycles. The number of rotatable bonds is 7. The van der Waals surface area contributed by atoms with E-state index in [4.69, 9.17) is 0 Å². The van der Waals surface area contributed by atoms with Gasteiger partial charge in [-0.05, 0) is 42.5 Å². The zero-order valence-electron chi connectivity index (χ0n) is 16.2. The Balaban J connectivity index is 1.65. The fourth-order valence-electron chi connectivity index (χ4n) is 2.97. The highest BCUT2D eigenvalue weighted by Crippen LogP contribution is 2.11. The van der Waals surface area contributed by atoms with Crippen molar-refractivity contribution in [1.82, 2.24) is 15.0 Å². The molecular weight excluding hydrogens is 390 g/mol. The van der Waals surface area contributed by atoms with Gasteiger partial charge in [0.15, 0.2) is 0 Å². The van der Waals surface area contributed by atoms with Crippen molar-refractivity contribution in [3.05, 3.63) is 81.6 Å². The molecule has 0 aliphatic rings. The molecular formula is C21H23N3O4S. The molecule has 3 rings (SSSR count). The molecule has 0 aliphatic heterocycles.